The van der Waals surface area contributed by atoms with Crippen LogP contribution < -0.4 is 5.32 Å². The SMILES string of the molecule is CC(O)CNCc1ccco1. The van der Waals surface area contributed by atoms with Gasteiger partial charge in [-0.2, -0.15) is 0 Å². The number of aliphatic hydroxyl groups is 1. The highest BCUT2D eigenvalue weighted by Crippen LogP contribution is 1.97. The summed E-state index contributed by atoms with van der Waals surface area (Å²) in [5.74, 6) is 0.894. The van der Waals surface area contributed by atoms with Crippen molar-refractivity contribution in [3.8, 4) is 0 Å². The minimum atomic E-state index is -0.301. The third kappa shape index (κ3) is 3.20. The molecule has 1 heterocycles. The molecule has 0 aliphatic heterocycles. The summed E-state index contributed by atoms with van der Waals surface area (Å²) in [4.78, 5) is 0. The van der Waals surface area contributed by atoms with Crippen molar-refractivity contribution in [3.63, 3.8) is 0 Å². The molecule has 62 valence electrons. The lowest BCUT2D eigenvalue weighted by Gasteiger charge is -2.03. The van der Waals surface area contributed by atoms with Crippen LogP contribution in [0.15, 0.2) is 22.8 Å². The van der Waals surface area contributed by atoms with E-state index in [9.17, 15) is 0 Å². The van der Waals surface area contributed by atoms with Crippen molar-refractivity contribution in [2.75, 3.05) is 6.54 Å². The van der Waals surface area contributed by atoms with E-state index in [2.05, 4.69) is 5.32 Å². The Morgan fingerprint density at radius 1 is 1.73 bits per heavy atom. The zero-order valence-corrected chi connectivity index (χ0v) is 6.58. The highest BCUT2D eigenvalue weighted by atomic mass is 16.3. The summed E-state index contributed by atoms with van der Waals surface area (Å²) in [5.41, 5.74) is 0. The summed E-state index contributed by atoms with van der Waals surface area (Å²) < 4.78 is 5.07. The van der Waals surface area contributed by atoms with Crippen molar-refractivity contribution in [1.29, 1.82) is 0 Å². The van der Waals surface area contributed by atoms with Gasteiger partial charge in [0.05, 0.1) is 18.9 Å². The van der Waals surface area contributed by atoms with Gasteiger partial charge < -0.3 is 14.8 Å². The van der Waals surface area contributed by atoms with Crippen LogP contribution in [0.2, 0.25) is 0 Å². The highest BCUT2D eigenvalue weighted by molar-refractivity contribution is 4.97. The standard InChI is InChI=1S/C8H13NO2/c1-7(10)5-9-6-8-3-2-4-11-8/h2-4,7,9-10H,5-6H2,1H3. The van der Waals surface area contributed by atoms with Crippen LogP contribution in [0.4, 0.5) is 0 Å². The predicted molar refractivity (Wildman–Crippen MR) is 42.1 cm³/mol. The van der Waals surface area contributed by atoms with Crippen molar-refractivity contribution in [2.45, 2.75) is 19.6 Å². The molecule has 3 heteroatoms. The molecular weight excluding hydrogens is 142 g/mol. The maximum atomic E-state index is 8.89. The molecule has 0 aliphatic rings. The Morgan fingerprint density at radius 3 is 3.09 bits per heavy atom. The summed E-state index contributed by atoms with van der Waals surface area (Å²) in [6, 6.07) is 3.74. The molecule has 1 aromatic heterocycles. The van der Waals surface area contributed by atoms with E-state index >= 15 is 0 Å². The van der Waals surface area contributed by atoms with Crippen LogP contribution in [0.5, 0.6) is 0 Å². The van der Waals surface area contributed by atoms with Crippen LogP contribution in [0.1, 0.15) is 12.7 Å². The van der Waals surface area contributed by atoms with Gasteiger partial charge in [-0.1, -0.05) is 0 Å². The van der Waals surface area contributed by atoms with Crippen molar-refractivity contribution >= 4 is 0 Å². The van der Waals surface area contributed by atoms with E-state index in [1.54, 1.807) is 13.2 Å². The minimum absolute atomic E-state index is 0.301. The van der Waals surface area contributed by atoms with E-state index in [-0.39, 0.29) is 6.10 Å². The number of hydrogen-bond donors (Lipinski definition) is 2. The zero-order chi connectivity index (χ0) is 8.10. The molecule has 0 bridgehead atoms. The van der Waals surface area contributed by atoms with E-state index in [0.717, 1.165) is 5.76 Å². The number of rotatable bonds is 4. The average Bonchev–Trinajstić information content (AvgIpc) is 2.39. The van der Waals surface area contributed by atoms with Gasteiger partial charge in [0.25, 0.3) is 0 Å². The Labute approximate surface area is 66.0 Å². The van der Waals surface area contributed by atoms with E-state index in [1.807, 2.05) is 12.1 Å². The lowest BCUT2D eigenvalue weighted by molar-refractivity contribution is 0.190. The monoisotopic (exact) mass is 155 g/mol. The van der Waals surface area contributed by atoms with Crippen LogP contribution in [0.25, 0.3) is 0 Å². The maximum absolute atomic E-state index is 8.89. The van der Waals surface area contributed by atoms with Gasteiger partial charge >= 0.3 is 0 Å². The van der Waals surface area contributed by atoms with Gasteiger partial charge in [-0.25, -0.2) is 0 Å². The summed E-state index contributed by atoms with van der Waals surface area (Å²) in [7, 11) is 0. The summed E-state index contributed by atoms with van der Waals surface area (Å²) in [6.07, 6.45) is 1.34. The fourth-order valence-electron chi connectivity index (χ4n) is 0.817. The Kier molecular flexibility index (Phi) is 3.14. The van der Waals surface area contributed by atoms with Gasteiger partial charge in [0, 0.05) is 6.54 Å². The first kappa shape index (κ1) is 8.30. The molecule has 0 amide bonds. The number of nitrogens with one attached hydrogen (secondary N) is 1. The van der Waals surface area contributed by atoms with Crippen LogP contribution >= 0.6 is 0 Å². The first-order valence-corrected chi connectivity index (χ1v) is 3.70. The first-order chi connectivity index (χ1) is 5.29. The van der Waals surface area contributed by atoms with Gasteiger partial charge in [-0.3, -0.25) is 0 Å². The normalized spacial score (nSPS) is 13.3. The summed E-state index contributed by atoms with van der Waals surface area (Å²) in [5, 5.41) is 11.9. The van der Waals surface area contributed by atoms with Crippen molar-refractivity contribution in [3.05, 3.63) is 24.2 Å². The largest absolute Gasteiger partial charge is 0.468 e. The molecule has 0 radical (unpaired) electrons. The van der Waals surface area contributed by atoms with Gasteiger partial charge in [-0.05, 0) is 19.1 Å². The molecule has 0 aromatic carbocycles. The Balaban J connectivity index is 2.14. The van der Waals surface area contributed by atoms with Crippen LogP contribution in [-0.2, 0) is 6.54 Å². The quantitative estimate of drug-likeness (QED) is 0.674. The maximum Gasteiger partial charge on any atom is 0.117 e. The van der Waals surface area contributed by atoms with E-state index in [4.69, 9.17) is 9.52 Å². The third-order valence-corrected chi connectivity index (χ3v) is 1.32. The van der Waals surface area contributed by atoms with Crippen LogP contribution in [-0.4, -0.2) is 17.8 Å². The molecule has 0 fully saturated rings. The zero-order valence-electron chi connectivity index (χ0n) is 6.58. The molecule has 0 saturated carbocycles. The van der Waals surface area contributed by atoms with Crippen molar-refractivity contribution in [2.24, 2.45) is 0 Å². The van der Waals surface area contributed by atoms with E-state index in [1.165, 1.54) is 0 Å². The molecule has 0 spiro atoms. The molecule has 1 unspecified atom stereocenters. The Hall–Kier alpha value is -0.800. The van der Waals surface area contributed by atoms with Crippen LogP contribution in [0, 0.1) is 0 Å². The van der Waals surface area contributed by atoms with Gasteiger partial charge in [0.2, 0.25) is 0 Å². The summed E-state index contributed by atoms with van der Waals surface area (Å²) >= 11 is 0. The number of aliphatic hydroxyl groups excluding tert-OH is 1. The van der Waals surface area contributed by atoms with Crippen molar-refractivity contribution in [1.82, 2.24) is 5.32 Å². The van der Waals surface area contributed by atoms with E-state index in [0.29, 0.717) is 13.1 Å². The third-order valence-electron chi connectivity index (χ3n) is 1.32. The smallest absolute Gasteiger partial charge is 0.117 e. The van der Waals surface area contributed by atoms with Gasteiger partial charge in [0.15, 0.2) is 0 Å². The summed E-state index contributed by atoms with van der Waals surface area (Å²) in [6.45, 7) is 3.02. The number of furan rings is 1. The first-order valence-electron chi connectivity index (χ1n) is 3.70. The predicted octanol–water partition coefficient (Wildman–Crippen LogP) is 0.750. The Morgan fingerprint density at radius 2 is 2.55 bits per heavy atom. The molecular formula is C8H13NO2. The Bertz CT molecular complexity index is 182. The van der Waals surface area contributed by atoms with Gasteiger partial charge in [-0.15, -0.1) is 0 Å². The molecule has 2 N–H and O–H groups in total. The molecule has 0 aliphatic carbocycles. The fraction of sp³-hybridized carbons (Fsp3) is 0.500. The second-order valence-electron chi connectivity index (χ2n) is 2.56. The molecule has 0 saturated heterocycles. The van der Waals surface area contributed by atoms with Crippen molar-refractivity contribution < 1.29 is 9.52 Å². The molecule has 1 atom stereocenters. The molecule has 1 rings (SSSR count). The lowest BCUT2D eigenvalue weighted by Crippen LogP contribution is -2.23. The fourth-order valence-corrected chi connectivity index (χ4v) is 0.817. The second kappa shape index (κ2) is 4.16. The van der Waals surface area contributed by atoms with Crippen LogP contribution in [0.3, 0.4) is 0 Å². The highest BCUT2D eigenvalue weighted by Gasteiger charge is 1.96. The number of hydrogen-bond acceptors (Lipinski definition) is 3. The van der Waals surface area contributed by atoms with Gasteiger partial charge in [0.1, 0.15) is 5.76 Å². The molecule has 1 aromatic rings. The lowest BCUT2D eigenvalue weighted by atomic mass is 10.4. The van der Waals surface area contributed by atoms with E-state index < -0.39 is 0 Å². The average molecular weight is 155 g/mol. The second-order valence-corrected chi connectivity index (χ2v) is 2.56. The minimum Gasteiger partial charge on any atom is -0.468 e. The molecule has 3 nitrogen and oxygen atoms in total. The molecule has 11 heavy (non-hydrogen) atoms. The topological polar surface area (TPSA) is 45.4 Å².